The standard InChI is InChI=1S/C17H17NO/c18-14-6-1-2-7-15(14)19-16-10-12-9-13-5-3-4-8-17(13,16)11-12/h1-8,10,12-13H,9,11,18H2. The normalized spacial score (nSPS) is 34.2. The third-order valence-corrected chi connectivity index (χ3v) is 4.65. The van der Waals surface area contributed by atoms with E-state index in [2.05, 4.69) is 30.4 Å². The summed E-state index contributed by atoms with van der Waals surface area (Å²) in [6.07, 6.45) is 13.7. The lowest BCUT2D eigenvalue weighted by molar-refractivity contribution is 0.258. The first-order valence-electron chi connectivity index (χ1n) is 6.89. The Morgan fingerprint density at radius 2 is 2.11 bits per heavy atom. The van der Waals surface area contributed by atoms with E-state index >= 15 is 0 Å². The summed E-state index contributed by atoms with van der Waals surface area (Å²) in [5.74, 6) is 3.11. The van der Waals surface area contributed by atoms with Crippen LogP contribution >= 0.6 is 0 Å². The van der Waals surface area contributed by atoms with E-state index in [4.69, 9.17) is 10.5 Å². The topological polar surface area (TPSA) is 35.2 Å². The van der Waals surface area contributed by atoms with E-state index in [0.29, 0.717) is 17.5 Å². The molecule has 1 aromatic carbocycles. The Hall–Kier alpha value is -1.96. The van der Waals surface area contributed by atoms with Crippen molar-refractivity contribution in [2.75, 3.05) is 5.73 Å². The number of hydrogen-bond acceptors (Lipinski definition) is 2. The number of anilines is 1. The third-order valence-electron chi connectivity index (χ3n) is 4.65. The summed E-state index contributed by atoms with van der Waals surface area (Å²) in [6.45, 7) is 0. The molecule has 1 spiro atoms. The van der Waals surface area contributed by atoms with E-state index in [1.807, 2.05) is 24.3 Å². The summed E-state index contributed by atoms with van der Waals surface area (Å²) in [6, 6.07) is 7.72. The Kier molecular flexibility index (Phi) is 2.16. The van der Waals surface area contributed by atoms with Gasteiger partial charge in [-0.15, -0.1) is 0 Å². The molecule has 2 nitrogen and oxygen atoms in total. The molecular weight excluding hydrogens is 234 g/mol. The number of benzene rings is 1. The summed E-state index contributed by atoms with van der Waals surface area (Å²) in [7, 11) is 0. The number of rotatable bonds is 2. The maximum absolute atomic E-state index is 6.15. The molecule has 0 radical (unpaired) electrons. The minimum absolute atomic E-state index is 0.0850. The van der Waals surface area contributed by atoms with Crippen LogP contribution in [0.4, 0.5) is 5.69 Å². The molecule has 0 amide bonds. The van der Waals surface area contributed by atoms with E-state index in [0.717, 1.165) is 11.5 Å². The van der Waals surface area contributed by atoms with Crippen molar-refractivity contribution in [3.05, 3.63) is 60.4 Å². The largest absolute Gasteiger partial charge is 0.459 e. The van der Waals surface area contributed by atoms with Crippen molar-refractivity contribution in [1.29, 1.82) is 0 Å². The molecule has 1 saturated carbocycles. The molecule has 1 fully saturated rings. The summed E-state index contributed by atoms with van der Waals surface area (Å²) < 4.78 is 6.15. The van der Waals surface area contributed by atoms with E-state index in [9.17, 15) is 0 Å². The second-order valence-corrected chi connectivity index (χ2v) is 5.76. The van der Waals surface area contributed by atoms with Crippen molar-refractivity contribution < 1.29 is 4.74 Å². The number of ether oxygens (including phenoxy) is 1. The van der Waals surface area contributed by atoms with Gasteiger partial charge >= 0.3 is 0 Å². The van der Waals surface area contributed by atoms with Gasteiger partial charge in [-0.1, -0.05) is 36.4 Å². The lowest BCUT2D eigenvalue weighted by atomic mass is 9.74. The number of hydrogen-bond donors (Lipinski definition) is 1. The Labute approximate surface area is 113 Å². The van der Waals surface area contributed by atoms with Crippen LogP contribution in [0.1, 0.15) is 12.8 Å². The van der Waals surface area contributed by atoms with Crippen LogP contribution in [0, 0.1) is 17.3 Å². The zero-order valence-corrected chi connectivity index (χ0v) is 10.8. The van der Waals surface area contributed by atoms with Gasteiger partial charge in [0, 0.05) is 0 Å². The molecule has 0 saturated heterocycles. The maximum atomic E-state index is 6.15. The number of fused-ring (bicyclic) bond motifs is 1. The molecular formula is C17H17NO. The number of nitrogen functional groups attached to an aromatic ring is 1. The summed E-state index contributed by atoms with van der Waals surface area (Å²) in [5, 5.41) is 0. The molecule has 0 aliphatic heterocycles. The maximum Gasteiger partial charge on any atom is 0.149 e. The van der Waals surface area contributed by atoms with Gasteiger partial charge in [0.2, 0.25) is 0 Å². The molecule has 3 atom stereocenters. The van der Waals surface area contributed by atoms with Crippen molar-refractivity contribution >= 4 is 5.69 Å². The highest BCUT2D eigenvalue weighted by atomic mass is 16.5. The third kappa shape index (κ3) is 1.49. The first-order chi connectivity index (χ1) is 9.28. The second-order valence-electron chi connectivity index (χ2n) is 5.76. The highest BCUT2D eigenvalue weighted by Gasteiger charge is 2.53. The highest BCUT2D eigenvalue weighted by Crippen LogP contribution is 2.60. The van der Waals surface area contributed by atoms with Crippen molar-refractivity contribution in [2.45, 2.75) is 12.8 Å². The van der Waals surface area contributed by atoms with Crippen LogP contribution in [0.3, 0.4) is 0 Å². The Bertz CT molecular complexity index is 613. The molecule has 96 valence electrons. The molecule has 4 rings (SSSR count). The molecule has 0 aromatic heterocycles. The van der Waals surface area contributed by atoms with Gasteiger partial charge in [0.15, 0.2) is 0 Å². The van der Waals surface area contributed by atoms with Gasteiger partial charge in [-0.3, -0.25) is 0 Å². The van der Waals surface area contributed by atoms with Crippen LogP contribution in [0.25, 0.3) is 0 Å². The Morgan fingerprint density at radius 1 is 1.21 bits per heavy atom. The predicted molar refractivity (Wildman–Crippen MR) is 76.5 cm³/mol. The van der Waals surface area contributed by atoms with Gasteiger partial charge < -0.3 is 10.5 Å². The highest BCUT2D eigenvalue weighted by molar-refractivity contribution is 5.53. The van der Waals surface area contributed by atoms with E-state index < -0.39 is 0 Å². The average molecular weight is 251 g/mol. The lowest BCUT2D eigenvalue weighted by Gasteiger charge is -2.34. The van der Waals surface area contributed by atoms with E-state index in [-0.39, 0.29) is 5.41 Å². The molecule has 19 heavy (non-hydrogen) atoms. The summed E-state index contributed by atoms with van der Waals surface area (Å²) >= 11 is 0. The van der Waals surface area contributed by atoms with Crippen molar-refractivity contribution in [1.82, 2.24) is 0 Å². The monoisotopic (exact) mass is 251 g/mol. The van der Waals surface area contributed by atoms with Crippen LogP contribution in [-0.2, 0) is 0 Å². The zero-order valence-electron chi connectivity index (χ0n) is 10.8. The molecule has 2 heteroatoms. The van der Waals surface area contributed by atoms with Gasteiger partial charge in [0.1, 0.15) is 11.5 Å². The van der Waals surface area contributed by atoms with E-state index in [1.54, 1.807) is 0 Å². The van der Waals surface area contributed by atoms with Gasteiger partial charge in [-0.05, 0) is 42.9 Å². The number of nitrogens with two attached hydrogens (primary N) is 1. The van der Waals surface area contributed by atoms with Crippen LogP contribution in [0.2, 0.25) is 0 Å². The van der Waals surface area contributed by atoms with Crippen molar-refractivity contribution in [2.24, 2.45) is 17.3 Å². The van der Waals surface area contributed by atoms with E-state index in [1.165, 1.54) is 12.8 Å². The summed E-state index contributed by atoms with van der Waals surface area (Å²) in [5.41, 5.74) is 6.77. The first kappa shape index (κ1) is 10.9. The fraction of sp³-hybridized carbons (Fsp3) is 0.294. The fourth-order valence-corrected chi connectivity index (χ4v) is 3.76. The second kappa shape index (κ2) is 3.77. The van der Waals surface area contributed by atoms with Crippen molar-refractivity contribution in [3.63, 3.8) is 0 Å². The Morgan fingerprint density at radius 3 is 3.00 bits per heavy atom. The molecule has 1 aromatic rings. The molecule has 0 heterocycles. The SMILES string of the molecule is Nc1ccccc1OC1=CC2CC3C=CC=CC13C2. The van der Waals surface area contributed by atoms with Gasteiger partial charge in [-0.2, -0.15) is 0 Å². The first-order valence-corrected chi connectivity index (χ1v) is 6.89. The smallest absolute Gasteiger partial charge is 0.149 e. The Balaban J connectivity index is 1.70. The molecule has 2 bridgehead atoms. The number of para-hydroxylation sites is 2. The quantitative estimate of drug-likeness (QED) is 0.814. The molecule has 2 N–H and O–H groups in total. The van der Waals surface area contributed by atoms with Crippen LogP contribution in [0.5, 0.6) is 5.75 Å². The van der Waals surface area contributed by atoms with Crippen LogP contribution in [-0.4, -0.2) is 0 Å². The average Bonchev–Trinajstić information content (AvgIpc) is 2.94. The van der Waals surface area contributed by atoms with Crippen LogP contribution in [0.15, 0.2) is 60.4 Å². The fourth-order valence-electron chi connectivity index (χ4n) is 3.76. The predicted octanol–water partition coefficient (Wildman–Crippen LogP) is 3.68. The minimum atomic E-state index is 0.0850. The molecule has 3 aliphatic carbocycles. The van der Waals surface area contributed by atoms with Gasteiger partial charge in [0.05, 0.1) is 11.1 Å². The molecule has 3 unspecified atom stereocenters. The minimum Gasteiger partial charge on any atom is -0.459 e. The molecule has 3 aliphatic rings. The van der Waals surface area contributed by atoms with Gasteiger partial charge in [-0.25, -0.2) is 0 Å². The van der Waals surface area contributed by atoms with Gasteiger partial charge in [0.25, 0.3) is 0 Å². The zero-order chi connectivity index (χ0) is 12.9. The van der Waals surface area contributed by atoms with Crippen molar-refractivity contribution in [3.8, 4) is 5.75 Å². The summed E-state index contributed by atoms with van der Waals surface area (Å²) in [4.78, 5) is 0. The number of allylic oxidation sites excluding steroid dienone is 5. The lowest BCUT2D eigenvalue weighted by Crippen LogP contribution is -2.28. The van der Waals surface area contributed by atoms with Crippen LogP contribution < -0.4 is 10.5 Å².